The fraction of sp³-hybridized carbons (Fsp3) is 0.727. The molecule has 1 aliphatic heterocycles. The van der Waals surface area contributed by atoms with Crippen LogP contribution in [0.2, 0.25) is 0 Å². The van der Waals surface area contributed by atoms with Crippen LogP contribution in [0.15, 0.2) is 0 Å². The highest BCUT2D eigenvalue weighted by Gasteiger charge is 2.32. The fourth-order valence-corrected chi connectivity index (χ4v) is 3.05. The van der Waals surface area contributed by atoms with Gasteiger partial charge in [0.15, 0.2) is 0 Å². The van der Waals surface area contributed by atoms with E-state index in [2.05, 4.69) is 42.9 Å². The number of aromatic nitrogens is 3. The Hall–Kier alpha value is -0.710. The van der Waals surface area contributed by atoms with Gasteiger partial charge < -0.3 is 4.90 Å². The maximum atomic E-state index is 4.52. The van der Waals surface area contributed by atoms with E-state index in [0.717, 1.165) is 29.2 Å². The van der Waals surface area contributed by atoms with Crippen LogP contribution in [0.5, 0.6) is 0 Å². The number of hydrogen-bond donors (Lipinski definition) is 0. The predicted molar refractivity (Wildman–Crippen MR) is 68.0 cm³/mol. The SMILES string of the molecule is Cc1nnc(N2CCC(C)C2CBr)nc1C. The lowest BCUT2D eigenvalue weighted by atomic mass is 10.1. The quantitative estimate of drug-likeness (QED) is 0.780. The molecule has 1 aromatic rings. The van der Waals surface area contributed by atoms with Crippen molar-refractivity contribution in [2.75, 3.05) is 16.8 Å². The first-order chi connectivity index (χ1) is 7.63. The summed E-state index contributed by atoms with van der Waals surface area (Å²) in [5.74, 6) is 1.46. The van der Waals surface area contributed by atoms with Crippen molar-refractivity contribution >= 4 is 21.9 Å². The third-order valence-corrected chi connectivity index (χ3v) is 4.04. The number of rotatable bonds is 2. The lowest BCUT2D eigenvalue weighted by Gasteiger charge is -2.24. The lowest BCUT2D eigenvalue weighted by Crippen LogP contribution is -2.35. The standard InChI is InChI=1S/C11H17BrN4/c1-7-4-5-16(10(7)6-12)11-13-8(2)9(3)14-15-11/h7,10H,4-6H2,1-3H3. The largest absolute Gasteiger partial charge is 0.335 e. The number of aryl methyl sites for hydroxylation is 2. The zero-order valence-corrected chi connectivity index (χ0v) is 11.5. The second-order valence-corrected chi connectivity index (χ2v) is 5.11. The Labute approximate surface area is 105 Å². The van der Waals surface area contributed by atoms with Crippen LogP contribution in [0.1, 0.15) is 24.7 Å². The maximum Gasteiger partial charge on any atom is 0.245 e. The van der Waals surface area contributed by atoms with Crippen LogP contribution in [0.25, 0.3) is 0 Å². The average Bonchev–Trinajstić information content (AvgIpc) is 2.63. The van der Waals surface area contributed by atoms with Gasteiger partial charge in [-0.2, -0.15) is 5.10 Å². The summed E-state index contributed by atoms with van der Waals surface area (Å²) in [6.07, 6.45) is 1.20. The summed E-state index contributed by atoms with van der Waals surface area (Å²) in [5.41, 5.74) is 1.88. The molecule has 1 saturated heterocycles. The summed E-state index contributed by atoms with van der Waals surface area (Å²) in [6.45, 7) is 7.23. The van der Waals surface area contributed by atoms with Crippen molar-refractivity contribution < 1.29 is 0 Å². The highest BCUT2D eigenvalue weighted by Crippen LogP contribution is 2.28. The van der Waals surface area contributed by atoms with E-state index < -0.39 is 0 Å². The van der Waals surface area contributed by atoms with Crippen molar-refractivity contribution in [3.05, 3.63) is 11.4 Å². The van der Waals surface area contributed by atoms with Crippen molar-refractivity contribution in [2.24, 2.45) is 5.92 Å². The molecule has 1 aromatic heterocycles. The Morgan fingerprint density at radius 2 is 2.06 bits per heavy atom. The number of alkyl halides is 1. The molecule has 0 N–H and O–H groups in total. The Morgan fingerprint density at radius 1 is 1.31 bits per heavy atom. The molecule has 2 unspecified atom stereocenters. The third-order valence-electron chi connectivity index (χ3n) is 3.38. The minimum Gasteiger partial charge on any atom is -0.335 e. The molecule has 5 heteroatoms. The van der Waals surface area contributed by atoms with E-state index in [1.165, 1.54) is 6.42 Å². The normalized spacial score (nSPS) is 25.1. The number of halogens is 1. The highest BCUT2D eigenvalue weighted by molar-refractivity contribution is 9.09. The summed E-state index contributed by atoms with van der Waals surface area (Å²) in [4.78, 5) is 6.78. The molecule has 2 atom stereocenters. The Balaban J connectivity index is 2.27. The van der Waals surface area contributed by atoms with Crippen molar-refractivity contribution in [1.29, 1.82) is 0 Å². The van der Waals surface area contributed by atoms with Gasteiger partial charge in [-0.3, -0.25) is 0 Å². The molecule has 1 fully saturated rings. The van der Waals surface area contributed by atoms with Gasteiger partial charge in [-0.15, -0.1) is 5.10 Å². The molecule has 2 rings (SSSR count). The number of hydrogen-bond acceptors (Lipinski definition) is 4. The molecule has 4 nitrogen and oxygen atoms in total. The summed E-state index contributed by atoms with van der Waals surface area (Å²) in [6, 6.07) is 0.490. The Bertz CT molecular complexity index is 382. The fourth-order valence-electron chi connectivity index (χ4n) is 2.06. The first-order valence-corrected chi connectivity index (χ1v) is 6.76. The molecule has 0 spiro atoms. The molecule has 0 bridgehead atoms. The molecule has 0 radical (unpaired) electrons. The number of nitrogens with zero attached hydrogens (tertiary/aromatic N) is 4. The molecular weight excluding hydrogens is 268 g/mol. The van der Waals surface area contributed by atoms with Crippen LogP contribution < -0.4 is 4.90 Å². The van der Waals surface area contributed by atoms with Gasteiger partial charge in [0.1, 0.15) is 0 Å². The average molecular weight is 285 g/mol. The van der Waals surface area contributed by atoms with Crippen LogP contribution in [0, 0.1) is 19.8 Å². The van der Waals surface area contributed by atoms with E-state index in [4.69, 9.17) is 0 Å². The second kappa shape index (κ2) is 4.65. The van der Waals surface area contributed by atoms with E-state index in [1.807, 2.05) is 13.8 Å². The van der Waals surface area contributed by atoms with Crippen LogP contribution in [-0.2, 0) is 0 Å². The third kappa shape index (κ3) is 2.05. The first-order valence-electron chi connectivity index (χ1n) is 5.64. The maximum absolute atomic E-state index is 4.52. The smallest absolute Gasteiger partial charge is 0.245 e. The molecule has 1 aliphatic rings. The Morgan fingerprint density at radius 3 is 2.69 bits per heavy atom. The van der Waals surface area contributed by atoms with E-state index in [9.17, 15) is 0 Å². The van der Waals surface area contributed by atoms with Crippen LogP contribution >= 0.6 is 15.9 Å². The minimum absolute atomic E-state index is 0.490. The number of anilines is 1. The first kappa shape index (κ1) is 11.8. The van der Waals surface area contributed by atoms with Crippen LogP contribution in [0.3, 0.4) is 0 Å². The van der Waals surface area contributed by atoms with Gasteiger partial charge in [0.05, 0.1) is 11.4 Å². The molecule has 88 valence electrons. The van der Waals surface area contributed by atoms with Gasteiger partial charge in [-0.1, -0.05) is 22.9 Å². The molecular formula is C11H17BrN4. The van der Waals surface area contributed by atoms with Crippen LogP contribution in [0.4, 0.5) is 5.95 Å². The second-order valence-electron chi connectivity index (χ2n) is 4.46. The summed E-state index contributed by atoms with van der Waals surface area (Å²) in [5, 5.41) is 9.31. The molecule has 0 aromatic carbocycles. The summed E-state index contributed by atoms with van der Waals surface area (Å²) in [7, 11) is 0. The van der Waals surface area contributed by atoms with E-state index >= 15 is 0 Å². The van der Waals surface area contributed by atoms with Crippen LogP contribution in [-0.4, -0.2) is 33.1 Å². The van der Waals surface area contributed by atoms with E-state index in [0.29, 0.717) is 12.0 Å². The monoisotopic (exact) mass is 284 g/mol. The molecule has 16 heavy (non-hydrogen) atoms. The van der Waals surface area contributed by atoms with Crippen molar-refractivity contribution in [2.45, 2.75) is 33.2 Å². The Kier molecular flexibility index (Phi) is 3.42. The zero-order chi connectivity index (χ0) is 11.7. The molecule has 0 amide bonds. The summed E-state index contributed by atoms with van der Waals surface area (Å²) < 4.78 is 0. The predicted octanol–water partition coefficient (Wildman–Crippen LogP) is 2.10. The molecule has 0 saturated carbocycles. The van der Waals surface area contributed by atoms with Gasteiger partial charge in [0.2, 0.25) is 5.95 Å². The van der Waals surface area contributed by atoms with E-state index in [1.54, 1.807) is 0 Å². The minimum atomic E-state index is 0.490. The molecule has 0 aliphatic carbocycles. The summed E-state index contributed by atoms with van der Waals surface area (Å²) >= 11 is 3.57. The van der Waals surface area contributed by atoms with Gasteiger partial charge in [-0.25, -0.2) is 4.98 Å². The van der Waals surface area contributed by atoms with Gasteiger partial charge in [0.25, 0.3) is 0 Å². The highest BCUT2D eigenvalue weighted by atomic mass is 79.9. The zero-order valence-electron chi connectivity index (χ0n) is 9.94. The van der Waals surface area contributed by atoms with Crippen molar-refractivity contribution in [3.63, 3.8) is 0 Å². The van der Waals surface area contributed by atoms with Gasteiger partial charge in [0, 0.05) is 17.9 Å². The van der Waals surface area contributed by atoms with E-state index in [-0.39, 0.29) is 0 Å². The van der Waals surface area contributed by atoms with Crippen molar-refractivity contribution in [1.82, 2.24) is 15.2 Å². The van der Waals surface area contributed by atoms with Gasteiger partial charge in [-0.05, 0) is 26.2 Å². The van der Waals surface area contributed by atoms with Crippen molar-refractivity contribution in [3.8, 4) is 0 Å². The topological polar surface area (TPSA) is 41.9 Å². The van der Waals surface area contributed by atoms with Gasteiger partial charge >= 0.3 is 0 Å². The lowest BCUT2D eigenvalue weighted by molar-refractivity contribution is 0.549. The molecule has 2 heterocycles.